The molecule has 118 valence electrons. The molecule has 2 N–H and O–H groups in total. The number of alkyl halides is 1. The molecule has 0 unspecified atom stereocenters. The summed E-state index contributed by atoms with van der Waals surface area (Å²) in [6, 6.07) is 11.7. The SMILES string of the molecule is C[C@H](Cc1ccc(N)cc1)c1cc(Cl)c(OCCCl)c(Cl)c1. The van der Waals surface area contributed by atoms with Crippen molar-refractivity contribution in [3.05, 3.63) is 57.6 Å². The lowest BCUT2D eigenvalue weighted by atomic mass is 9.93. The van der Waals surface area contributed by atoms with Crippen molar-refractivity contribution in [2.24, 2.45) is 0 Å². The van der Waals surface area contributed by atoms with Crippen LogP contribution in [-0.4, -0.2) is 12.5 Å². The molecule has 2 aromatic carbocycles. The van der Waals surface area contributed by atoms with E-state index in [9.17, 15) is 0 Å². The number of ether oxygens (including phenoxy) is 1. The smallest absolute Gasteiger partial charge is 0.156 e. The zero-order chi connectivity index (χ0) is 16.1. The molecule has 0 aromatic heterocycles. The summed E-state index contributed by atoms with van der Waals surface area (Å²) in [5.74, 6) is 1.16. The number of anilines is 1. The maximum Gasteiger partial charge on any atom is 0.156 e. The van der Waals surface area contributed by atoms with Crippen LogP contribution in [0.3, 0.4) is 0 Å². The van der Waals surface area contributed by atoms with Crippen molar-refractivity contribution in [3.8, 4) is 5.75 Å². The van der Waals surface area contributed by atoms with Crippen molar-refractivity contribution < 1.29 is 4.74 Å². The molecule has 0 saturated carbocycles. The zero-order valence-corrected chi connectivity index (χ0v) is 14.6. The molecule has 0 radical (unpaired) electrons. The van der Waals surface area contributed by atoms with E-state index in [0.29, 0.717) is 28.3 Å². The van der Waals surface area contributed by atoms with Gasteiger partial charge in [0.25, 0.3) is 0 Å². The number of nitrogen functional groups attached to an aromatic ring is 1. The van der Waals surface area contributed by atoms with Crippen molar-refractivity contribution in [1.82, 2.24) is 0 Å². The van der Waals surface area contributed by atoms with Crippen LogP contribution in [-0.2, 0) is 6.42 Å². The molecule has 2 rings (SSSR count). The van der Waals surface area contributed by atoms with E-state index in [4.69, 9.17) is 45.3 Å². The molecular weight excluding hydrogens is 341 g/mol. The maximum atomic E-state index is 6.27. The monoisotopic (exact) mass is 357 g/mol. The number of halogens is 3. The Balaban J connectivity index is 2.16. The minimum Gasteiger partial charge on any atom is -0.489 e. The van der Waals surface area contributed by atoms with Crippen molar-refractivity contribution in [3.63, 3.8) is 0 Å². The fraction of sp³-hybridized carbons (Fsp3) is 0.294. The second-order valence-corrected chi connectivity index (χ2v) is 6.39. The van der Waals surface area contributed by atoms with Crippen LogP contribution in [0.5, 0.6) is 5.75 Å². The van der Waals surface area contributed by atoms with E-state index in [0.717, 1.165) is 17.7 Å². The van der Waals surface area contributed by atoms with Crippen molar-refractivity contribution in [2.45, 2.75) is 19.3 Å². The van der Waals surface area contributed by atoms with Gasteiger partial charge in [0.2, 0.25) is 0 Å². The average Bonchev–Trinajstić information content (AvgIpc) is 2.48. The molecule has 22 heavy (non-hydrogen) atoms. The topological polar surface area (TPSA) is 35.2 Å². The lowest BCUT2D eigenvalue weighted by Crippen LogP contribution is -2.02. The second kappa shape index (κ2) is 7.96. The van der Waals surface area contributed by atoms with Gasteiger partial charge in [0, 0.05) is 5.69 Å². The molecule has 2 aromatic rings. The Morgan fingerprint density at radius 1 is 1.09 bits per heavy atom. The van der Waals surface area contributed by atoms with Crippen LogP contribution in [0.15, 0.2) is 36.4 Å². The summed E-state index contributed by atoms with van der Waals surface area (Å²) in [6.45, 7) is 2.51. The molecular formula is C17H18Cl3NO. The van der Waals surface area contributed by atoms with Gasteiger partial charge >= 0.3 is 0 Å². The van der Waals surface area contributed by atoms with Crippen LogP contribution in [0.4, 0.5) is 5.69 Å². The standard InChI is InChI=1S/C17H18Cl3NO/c1-11(8-12-2-4-14(21)5-3-12)13-9-15(19)17(16(20)10-13)22-7-6-18/h2-5,9-11H,6-8,21H2,1H3/t11-/m1/s1. The van der Waals surface area contributed by atoms with E-state index in [1.54, 1.807) is 0 Å². The van der Waals surface area contributed by atoms with Gasteiger partial charge in [-0.1, -0.05) is 42.3 Å². The molecule has 5 heteroatoms. The predicted molar refractivity (Wildman–Crippen MR) is 95.7 cm³/mol. The van der Waals surface area contributed by atoms with Crippen molar-refractivity contribution in [1.29, 1.82) is 0 Å². The number of rotatable bonds is 6. The summed E-state index contributed by atoms with van der Waals surface area (Å²) >= 11 is 18.2. The van der Waals surface area contributed by atoms with Gasteiger partial charge < -0.3 is 10.5 Å². The molecule has 0 saturated heterocycles. The van der Waals surface area contributed by atoms with Crippen molar-refractivity contribution in [2.75, 3.05) is 18.2 Å². The second-order valence-electron chi connectivity index (χ2n) is 5.20. The van der Waals surface area contributed by atoms with Crippen LogP contribution in [0.25, 0.3) is 0 Å². The van der Waals surface area contributed by atoms with Gasteiger partial charge in [0.05, 0.1) is 15.9 Å². The number of nitrogens with two attached hydrogens (primary N) is 1. The van der Waals surface area contributed by atoms with E-state index >= 15 is 0 Å². The minimum absolute atomic E-state index is 0.278. The van der Waals surface area contributed by atoms with Gasteiger partial charge in [-0.2, -0.15) is 0 Å². The number of hydrogen-bond donors (Lipinski definition) is 1. The van der Waals surface area contributed by atoms with Crippen LogP contribution in [0.1, 0.15) is 24.0 Å². The molecule has 1 atom stereocenters. The van der Waals surface area contributed by atoms with E-state index in [-0.39, 0.29) is 5.92 Å². The summed E-state index contributed by atoms with van der Waals surface area (Å²) in [5, 5.41) is 1.02. The normalized spacial score (nSPS) is 12.2. The highest BCUT2D eigenvalue weighted by atomic mass is 35.5. The molecule has 2 nitrogen and oxygen atoms in total. The van der Waals surface area contributed by atoms with Crippen molar-refractivity contribution >= 4 is 40.5 Å². The lowest BCUT2D eigenvalue weighted by Gasteiger charge is -2.16. The Bertz CT molecular complexity index is 605. The van der Waals surface area contributed by atoms with Gasteiger partial charge in [0.15, 0.2) is 5.75 Å². The molecule has 0 heterocycles. The number of benzene rings is 2. The first-order valence-corrected chi connectivity index (χ1v) is 8.32. The average molecular weight is 359 g/mol. The van der Waals surface area contributed by atoms with Crippen LogP contribution >= 0.6 is 34.8 Å². The first-order valence-electron chi connectivity index (χ1n) is 7.03. The quantitative estimate of drug-likeness (QED) is 0.543. The number of hydrogen-bond acceptors (Lipinski definition) is 2. The third-order valence-electron chi connectivity index (χ3n) is 3.43. The Morgan fingerprint density at radius 3 is 2.23 bits per heavy atom. The molecule has 0 spiro atoms. The minimum atomic E-state index is 0.278. The molecule has 0 bridgehead atoms. The Labute approximate surface area is 146 Å². The predicted octanol–water partition coefficient (Wildman–Crippen LogP) is 5.54. The molecule has 0 aliphatic carbocycles. The third kappa shape index (κ3) is 4.45. The Kier molecular flexibility index (Phi) is 6.25. The van der Waals surface area contributed by atoms with Crippen LogP contribution in [0.2, 0.25) is 10.0 Å². The van der Waals surface area contributed by atoms with Gasteiger partial charge in [-0.05, 0) is 47.7 Å². The highest BCUT2D eigenvalue weighted by Gasteiger charge is 2.14. The van der Waals surface area contributed by atoms with E-state index < -0.39 is 0 Å². The first kappa shape index (κ1) is 17.3. The van der Waals surface area contributed by atoms with Gasteiger partial charge in [-0.3, -0.25) is 0 Å². The van der Waals surface area contributed by atoms with Gasteiger partial charge in [-0.25, -0.2) is 0 Å². The Morgan fingerprint density at radius 2 is 1.68 bits per heavy atom. The fourth-order valence-corrected chi connectivity index (χ4v) is 2.96. The maximum absolute atomic E-state index is 6.27. The van der Waals surface area contributed by atoms with Crippen LogP contribution < -0.4 is 10.5 Å². The lowest BCUT2D eigenvalue weighted by molar-refractivity contribution is 0.343. The van der Waals surface area contributed by atoms with Crippen LogP contribution in [0, 0.1) is 0 Å². The summed E-state index contributed by atoms with van der Waals surface area (Å²) in [4.78, 5) is 0. The van der Waals surface area contributed by atoms with Gasteiger partial charge in [-0.15, -0.1) is 11.6 Å². The van der Waals surface area contributed by atoms with E-state index in [1.165, 1.54) is 5.56 Å². The van der Waals surface area contributed by atoms with E-state index in [2.05, 4.69) is 6.92 Å². The molecule has 0 fully saturated rings. The highest BCUT2D eigenvalue weighted by molar-refractivity contribution is 6.37. The largest absolute Gasteiger partial charge is 0.489 e. The zero-order valence-electron chi connectivity index (χ0n) is 12.3. The summed E-state index contributed by atoms with van der Waals surface area (Å²) in [7, 11) is 0. The first-order chi connectivity index (χ1) is 10.5. The summed E-state index contributed by atoms with van der Waals surface area (Å²) in [6.07, 6.45) is 0.884. The molecule has 0 aliphatic rings. The van der Waals surface area contributed by atoms with E-state index in [1.807, 2.05) is 36.4 Å². The summed E-state index contributed by atoms with van der Waals surface area (Å²) in [5.41, 5.74) is 8.77. The molecule has 0 amide bonds. The summed E-state index contributed by atoms with van der Waals surface area (Å²) < 4.78 is 5.47. The Hall–Kier alpha value is -1.09. The highest BCUT2D eigenvalue weighted by Crippen LogP contribution is 2.37. The molecule has 0 aliphatic heterocycles. The third-order valence-corrected chi connectivity index (χ3v) is 4.15. The van der Waals surface area contributed by atoms with Gasteiger partial charge in [0.1, 0.15) is 6.61 Å². The fourth-order valence-electron chi connectivity index (χ4n) is 2.27.